The van der Waals surface area contributed by atoms with Gasteiger partial charge in [0.2, 0.25) is 5.28 Å². The number of fused-ring (bicyclic) bond motifs is 1. The van der Waals surface area contributed by atoms with E-state index in [1.54, 1.807) is 7.11 Å². The summed E-state index contributed by atoms with van der Waals surface area (Å²) < 4.78 is 10.3. The molecule has 0 amide bonds. The molecule has 0 aliphatic heterocycles. The molecule has 2 aromatic rings. The Hall–Kier alpha value is -1.43. The lowest BCUT2D eigenvalue weighted by atomic mass is 10.2. The quantitative estimate of drug-likeness (QED) is 0.599. The third-order valence-corrected chi connectivity index (χ3v) is 2.93. The van der Waals surface area contributed by atoms with Crippen molar-refractivity contribution < 1.29 is 9.47 Å². The third kappa shape index (κ3) is 4.30. The lowest BCUT2D eigenvalue weighted by Gasteiger charge is -2.09. The number of halogens is 1. The summed E-state index contributed by atoms with van der Waals surface area (Å²) in [5, 5.41) is 4.49. The molecular formula is C14H18ClN3O2. The summed E-state index contributed by atoms with van der Waals surface area (Å²) in [5.41, 5.74) is 0.839. The van der Waals surface area contributed by atoms with Crippen LogP contribution in [0, 0.1) is 0 Å². The summed E-state index contributed by atoms with van der Waals surface area (Å²) in [6.07, 6.45) is 0.889. The first-order valence-corrected chi connectivity index (χ1v) is 6.92. The molecule has 0 radical (unpaired) electrons. The van der Waals surface area contributed by atoms with Gasteiger partial charge in [0.25, 0.3) is 0 Å². The number of nitrogens with one attached hydrogen (secondary N) is 1. The Balaban J connectivity index is 1.86. The Labute approximate surface area is 123 Å². The second-order valence-electron chi connectivity index (χ2n) is 4.24. The fourth-order valence-corrected chi connectivity index (χ4v) is 1.98. The van der Waals surface area contributed by atoms with E-state index in [-0.39, 0.29) is 5.28 Å². The van der Waals surface area contributed by atoms with Crippen LogP contribution in [0.4, 0.5) is 5.82 Å². The number of benzene rings is 1. The lowest BCUT2D eigenvalue weighted by Crippen LogP contribution is -2.09. The normalized spacial score (nSPS) is 10.9. The van der Waals surface area contributed by atoms with E-state index in [1.807, 2.05) is 24.3 Å². The molecule has 0 spiro atoms. The van der Waals surface area contributed by atoms with Crippen LogP contribution in [0.2, 0.25) is 5.28 Å². The molecular weight excluding hydrogens is 278 g/mol. The molecule has 5 nitrogen and oxygen atoms in total. The van der Waals surface area contributed by atoms with Gasteiger partial charge in [0, 0.05) is 25.6 Å². The van der Waals surface area contributed by atoms with E-state index in [1.165, 1.54) is 0 Å². The van der Waals surface area contributed by atoms with Crippen molar-refractivity contribution >= 4 is 28.3 Å². The average molecular weight is 296 g/mol. The molecule has 108 valence electrons. The van der Waals surface area contributed by atoms with E-state index in [9.17, 15) is 0 Å². The van der Waals surface area contributed by atoms with Crippen LogP contribution in [0.5, 0.6) is 0 Å². The van der Waals surface area contributed by atoms with Crippen LogP contribution in [0.3, 0.4) is 0 Å². The van der Waals surface area contributed by atoms with Crippen LogP contribution in [0.15, 0.2) is 24.3 Å². The first kappa shape index (κ1) is 15.0. The number of methoxy groups -OCH3 is 1. The number of anilines is 1. The zero-order valence-electron chi connectivity index (χ0n) is 11.4. The van der Waals surface area contributed by atoms with Crippen LogP contribution in [-0.4, -0.2) is 43.4 Å². The molecule has 0 bridgehead atoms. The van der Waals surface area contributed by atoms with E-state index in [2.05, 4.69) is 15.3 Å². The summed E-state index contributed by atoms with van der Waals surface area (Å²) in [7, 11) is 1.66. The first-order chi connectivity index (χ1) is 9.81. The van der Waals surface area contributed by atoms with Crippen LogP contribution < -0.4 is 5.32 Å². The predicted molar refractivity (Wildman–Crippen MR) is 80.3 cm³/mol. The van der Waals surface area contributed by atoms with E-state index in [0.717, 1.165) is 29.7 Å². The molecule has 2 rings (SSSR count). The minimum atomic E-state index is 0.252. The molecule has 0 saturated carbocycles. The Morgan fingerprint density at radius 3 is 2.85 bits per heavy atom. The molecule has 0 unspecified atom stereocenters. The van der Waals surface area contributed by atoms with Crippen molar-refractivity contribution in [3.05, 3.63) is 29.5 Å². The van der Waals surface area contributed by atoms with Gasteiger partial charge in [-0.25, -0.2) is 9.97 Å². The number of hydrogen-bond donors (Lipinski definition) is 1. The molecule has 1 heterocycles. The fourth-order valence-electron chi connectivity index (χ4n) is 1.81. The highest BCUT2D eigenvalue weighted by atomic mass is 35.5. The second-order valence-corrected chi connectivity index (χ2v) is 4.58. The summed E-state index contributed by atoms with van der Waals surface area (Å²) in [5.74, 6) is 0.762. The Morgan fingerprint density at radius 2 is 2.00 bits per heavy atom. The number of nitrogens with zero attached hydrogens (tertiary/aromatic N) is 2. The van der Waals surface area contributed by atoms with Gasteiger partial charge >= 0.3 is 0 Å². The zero-order chi connectivity index (χ0) is 14.2. The van der Waals surface area contributed by atoms with Crippen molar-refractivity contribution in [2.75, 3.05) is 38.8 Å². The minimum absolute atomic E-state index is 0.252. The largest absolute Gasteiger partial charge is 0.382 e. The number of aromatic nitrogens is 2. The minimum Gasteiger partial charge on any atom is -0.382 e. The van der Waals surface area contributed by atoms with E-state index >= 15 is 0 Å². The van der Waals surface area contributed by atoms with Crippen LogP contribution in [0.25, 0.3) is 10.9 Å². The van der Waals surface area contributed by atoms with Crippen molar-refractivity contribution in [2.24, 2.45) is 0 Å². The fraction of sp³-hybridized carbons (Fsp3) is 0.429. The van der Waals surface area contributed by atoms with Crippen molar-refractivity contribution in [3.63, 3.8) is 0 Å². The highest BCUT2D eigenvalue weighted by Gasteiger charge is 2.05. The van der Waals surface area contributed by atoms with Gasteiger partial charge < -0.3 is 14.8 Å². The number of ether oxygens (including phenoxy) is 2. The maximum Gasteiger partial charge on any atom is 0.224 e. The number of para-hydroxylation sites is 1. The van der Waals surface area contributed by atoms with E-state index < -0.39 is 0 Å². The lowest BCUT2D eigenvalue weighted by molar-refractivity contribution is 0.0705. The Bertz CT molecular complexity index is 551. The van der Waals surface area contributed by atoms with Crippen molar-refractivity contribution in [2.45, 2.75) is 6.42 Å². The van der Waals surface area contributed by atoms with Crippen molar-refractivity contribution in [3.8, 4) is 0 Å². The second kappa shape index (κ2) is 7.99. The molecule has 1 aromatic heterocycles. The highest BCUT2D eigenvalue weighted by Crippen LogP contribution is 2.21. The Morgan fingerprint density at radius 1 is 1.15 bits per heavy atom. The summed E-state index contributed by atoms with van der Waals surface area (Å²) >= 11 is 5.92. The summed E-state index contributed by atoms with van der Waals surface area (Å²) in [6.45, 7) is 2.70. The summed E-state index contributed by atoms with van der Waals surface area (Å²) in [4.78, 5) is 8.42. The number of hydrogen-bond acceptors (Lipinski definition) is 5. The maximum absolute atomic E-state index is 5.92. The van der Waals surface area contributed by atoms with Crippen molar-refractivity contribution in [1.29, 1.82) is 0 Å². The monoisotopic (exact) mass is 295 g/mol. The van der Waals surface area contributed by atoms with Gasteiger partial charge in [-0.1, -0.05) is 12.1 Å². The summed E-state index contributed by atoms with van der Waals surface area (Å²) in [6, 6.07) is 7.78. The third-order valence-electron chi connectivity index (χ3n) is 2.77. The molecule has 0 fully saturated rings. The first-order valence-electron chi connectivity index (χ1n) is 6.54. The van der Waals surface area contributed by atoms with Crippen LogP contribution in [-0.2, 0) is 9.47 Å². The van der Waals surface area contributed by atoms with E-state index in [4.69, 9.17) is 21.1 Å². The average Bonchev–Trinajstić information content (AvgIpc) is 2.46. The van der Waals surface area contributed by atoms with Crippen molar-refractivity contribution in [1.82, 2.24) is 9.97 Å². The SMILES string of the molecule is COCCOCCCNc1nc(Cl)nc2ccccc12. The molecule has 0 atom stereocenters. The molecule has 1 aromatic carbocycles. The van der Waals surface area contributed by atoms with Gasteiger partial charge in [-0.3, -0.25) is 0 Å². The van der Waals surface area contributed by atoms with Gasteiger partial charge in [-0.2, -0.15) is 0 Å². The highest BCUT2D eigenvalue weighted by molar-refractivity contribution is 6.28. The van der Waals surface area contributed by atoms with Gasteiger partial charge in [0.15, 0.2) is 0 Å². The number of rotatable bonds is 8. The van der Waals surface area contributed by atoms with Crippen LogP contribution in [0.1, 0.15) is 6.42 Å². The van der Waals surface area contributed by atoms with E-state index in [0.29, 0.717) is 19.8 Å². The predicted octanol–water partition coefficient (Wildman–Crippen LogP) is 2.75. The van der Waals surface area contributed by atoms with Crippen LogP contribution >= 0.6 is 11.6 Å². The molecule has 20 heavy (non-hydrogen) atoms. The van der Waals surface area contributed by atoms with Gasteiger partial charge in [-0.15, -0.1) is 0 Å². The molecule has 0 aliphatic carbocycles. The molecule has 0 saturated heterocycles. The van der Waals surface area contributed by atoms with Gasteiger partial charge in [0.1, 0.15) is 5.82 Å². The van der Waals surface area contributed by atoms with Gasteiger partial charge in [-0.05, 0) is 30.2 Å². The smallest absolute Gasteiger partial charge is 0.224 e. The van der Waals surface area contributed by atoms with Gasteiger partial charge in [0.05, 0.1) is 18.7 Å². The maximum atomic E-state index is 5.92. The molecule has 1 N–H and O–H groups in total. The Kier molecular flexibility index (Phi) is 5.98. The molecule has 0 aliphatic rings. The zero-order valence-corrected chi connectivity index (χ0v) is 12.2. The standard InChI is InChI=1S/C14H18ClN3O2/c1-19-9-10-20-8-4-7-16-13-11-5-2-3-6-12(11)17-14(15)18-13/h2-3,5-6H,4,7-10H2,1H3,(H,16,17,18). The topological polar surface area (TPSA) is 56.3 Å². The molecule has 6 heteroatoms.